The highest BCUT2D eigenvalue weighted by molar-refractivity contribution is 5.83. The monoisotopic (exact) mass is 438 g/mol. The molecule has 4 atom stereocenters. The van der Waals surface area contributed by atoms with Gasteiger partial charge >= 0.3 is 11.9 Å². The Morgan fingerprint density at radius 2 is 1.26 bits per heavy atom. The summed E-state index contributed by atoms with van der Waals surface area (Å²) < 4.78 is 16.7. The first-order valence-electron chi connectivity index (χ1n) is 12.9. The molecule has 1 aliphatic heterocycles. The maximum Gasteiger partial charge on any atom is 0.312 e. The van der Waals surface area contributed by atoms with Gasteiger partial charge in [0.15, 0.2) is 0 Å². The van der Waals surface area contributed by atoms with Crippen LogP contribution in [0.25, 0.3) is 0 Å². The molecule has 2 aliphatic rings. The first-order chi connectivity index (χ1) is 14.9. The number of epoxide rings is 1. The van der Waals surface area contributed by atoms with Gasteiger partial charge in [-0.25, -0.2) is 0 Å². The number of hydrogen-bond acceptors (Lipinski definition) is 5. The zero-order valence-electron chi connectivity index (χ0n) is 20.4. The number of ether oxygens (including phenoxy) is 3. The minimum Gasteiger partial charge on any atom is -0.465 e. The summed E-state index contributed by atoms with van der Waals surface area (Å²) in [6.45, 7) is 9.87. The molecular formula is C26H46O5. The van der Waals surface area contributed by atoms with Crippen LogP contribution >= 0.6 is 0 Å². The van der Waals surface area contributed by atoms with E-state index in [-0.39, 0.29) is 24.1 Å². The summed E-state index contributed by atoms with van der Waals surface area (Å²) in [5.74, 6) is 0.0783. The Morgan fingerprint density at radius 3 is 1.81 bits per heavy atom. The molecule has 0 spiro atoms. The summed E-state index contributed by atoms with van der Waals surface area (Å²) in [7, 11) is 0. The average molecular weight is 439 g/mol. The van der Waals surface area contributed by atoms with E-state index >= 15 is 0 Å². The molecule has 180 valence electrons. The van der Waals surface area contributed by atoms with Gasteiger partial charge in [0.25, 0.3) is 0 Å². The van der Waals surface area contributed by atoms with E-state index in [4.69, 9.17) is 14.2 Å². The van der Waals surface area contributed by atoms with Crippen molar-refractivity contribution in [2.24, 2.45) is 23.7 Å². The molecule has 0 N–H and O–H groups in total. The highest BCUT2D eigenvalue weighted by Crippen LogP contribution is 2.45. The second kappa shape index (κ2) is 14.1. The lowest BCUT2D eigenvalue weighted by Gasteiger charge is -2.26. The van der Waals surface area contributed by atoms with Crippen molar-refractivity contribution in [3.05, 3.63) is 0 Å². The van der Waals surface area contributed by atoms with E-state index in [1.807, 2.05) is 0 Å². The molecular weight excluding hydrogens is 392 g/mol. The van der Waals surface area contributed by atoms with Crippen molar-refractivity contribution in [3.63, 3.8) is 0 Å². The highest BCUT2D eigenvalue weighted by Gasteiger charge is 2.57. The zero-order valence-corrected chi connectivity index (χ0v) is 20.4. The topological polar surface area (TPSA) is 65.1 Å². The molecule has 0 aromatic rings. The van der Waals surface area contributed by atoms with E-state index in [1.165, 1.54) is 38.5 Å². The van der Waals surface area contributed by atoms with Crippen molar-refractivity contribution in [2.45, 2.75) is 117 Å². The average Bonchev–Trinajstić information content (AvgIpc) is 3.50. The van der Waals surface area contributed by atoms with Crippen LogP contribution in [0.5, 0.6) is 0 Å². The standard InChI is InChI=1S/C26H46O5/c1-19(2)13-9-5-7-11-17-29-25(27)21-15-16-22-24(31-22)23(21)26(28)30-18-12-8-6-10-14-20(3)4/h19-24H,5-18H2,1-4H3. The van der Waals surface area contributed by atoms with E-state index in [9.17, 15) is 9.59 Å². The Labute approximate surface area is 190 Å². The number of esters is 2. The molecule has 1 saturated carbocycles. The minimum absolute atomic E-state index is 0.124. The maximum atomic E-state index is 12.7. The molecule has 2 rings (SSSR count). The fourth-order valence-corrected chi connectivity index (χ4v) is 4.59. The van der Waals surface area contributed by atoms with Crippen molar-refractivity contribution in [1.29, 1.82) is 0 Å². The SMILES string of the molecule is CC(C)CCCCCCOC(=O)C1CCC2OC2C1C(=O)OCCCCCCC(C)C. The third kappa shape index (κ3) is 9.93. The molecule has 0 radical (unpaired) electrons. The van der Waals surface area contributed by atoms with Crippen LogP contribution < -0.4 is 0 Å². The zero-order chi connectivity index (χ0) is 22.6. The van der Waals surface area contributed by atoms with Crippen LogP contribution in [0.4, 0.5) is 0 Å². The van der Waals surface area contributed by atoms with Crippen LogP contribution in [-0.4, -0.2) is 37.4 Å². The van der Waals surface area contributed by atoms with Gasteiger partial charge in [-0.2, -0.15) is 0 Å². The van der Waals surface area contributed by atoms with Gasteiger partial charge in [-0.1, -0.05) is 79.1 Å². The fraction of sp³-hybridized carbons (Fsp3) is 0.923. The van der Waals surface area contributed by atoms with Gasteiger partial charge < -0.3 is 14.2 Å². The molecule has 2 fully saturated rings. The van der Waals surface area contributed by atoms with Crippen LogP contribution in [0.15, 0.2) is 0 Å². The third-order valence-corrected chi connectivity index (χ3v) is 6.59. The first kappa shape index (κ1) is 26.2. The quantitative estimate of drug-likeness (QED) is 0.166. The van der Waals surface area contributed by atoms with Crippen LogP contribution in [0.3, 0.4) is 0 Å². The second-order valence-corrected chi connectivity index (χ2v) is 10.4. The summed E-state index contributed by atoms with van der Waals surface area (Å²) >= 11 is 0. The number of hydrogen-bond donors (Lipinski definition) is 0. The molecule has 31 heavy (non-hydrogen) atoms. The summed E-state index contributed by atoms with van der Waals surface area (Å²) in [6.07, 6.45) is 12.7. The van der Waals surface area contributed by atoms with Crippen molar-refractivity contribution in [1.82, 2.24) is 0 Å². The van der Waals surface area contributed by atoms with Gasteiger partial charge in [0.1, 0.15) is 0 Å². The largest absolute Gasteiger partial charge is 0.465 e. The van der Waals surface area contributed by atoms with Crippen molar-refractivity contribution >= 4 is 11.9 Å². The lowest BCUT2D eigenvalue weighted by atomic mass is 9.79. The number of carbonyl (C=O) groups excluding carboxylic acids is 2. The summed E-state index contributed by atoms with van der Waals surface area (Å²) in [6, 6.07) is 0. The first-order valence-corrected chi connectivity index (χ1v) is 12.9. The third-order valence-electron chi connectivity index (χ3n) is 6.59. The molecule has 0 aromatic heterocycles. The maximum absolute atomic E-state index is 12.7. The van der Waals surface area contributed by atoms with E-state index < -0.39 is 11.8 Å². The number of fused-ring (bicyclic) bond motifs is 1. The summed E-state index contributed by atoms with van der Waals surface area (Å²) in [5.41, 5.74) is 0. The number of rotatable bonds is 16. The van der Waals surface area contributed by atoms with Crippen molar-refractivity contribution < 1.29 is 23.8 Å². The Balaban J connectivity index is 1.64. The van der Waals surface area contributed by atoms with Crippen LogP contribution in [-0.2, 0) is 23.8 Å². The summed E-state index contributed by atoms with van der Waals surface area (Å²) in [5, 5.41) is 0. The normalized spacial score (nSPS) is 24.8. The lowest BCUT2D eigenvalue weighted by molar-refractivity contribution is -0.162. The molecule has 5 heteroatoms. The van der Waals surface area contributed by atoms with Gasteiger partial charge in [0.2, 0.25) is 0 Å². The van der Waals surface area contributed by atoms with E-state index in [1.54, 1.807) is 0 Å². The lowest BCUT2D eigenvalue weighted by Crippen LogP contribution is -2.39. The van der Waals surface area contributed by atoms with E-state index in [2.05, 4.69) is 27.7 Å². The van der Waals surface area contributed by atoms with Gasteiger partial charge in [-0.3, -0.25) is 9.59 Å². The number of carbonyl (C=O) groups is 2. The van der Waals surface area contributed by atoms with Crippen LogP contribution in [0.2, 0.25) is 0 Å². The minimum atomic E-state index is -0.488. The molecule has 1 aliphatic carbocycles. The molecule has 4 unspecified atom stereocenters. The van der Waals surface area contributed by atoms with Crippen LogP contribution in [0.1, 0.15) is 105 Å². The molecule has 5 nitrogen and oxygen atoms in total. The van der Waals surface area contributed by atoms with Crippen molar-refractivity contribution in [2.75, 3.05) is 13.2 Å². The number of unbranched alkanes of at least 4 members (excludes halogenated alkanes) is 6. The molecule has 1 heterocycles. The predicted octanol–water partition coefficient (Wildman–Crippen LogP) is 6.08. The van der Waals surface area contributed by atoms with Gasteiger partial charge in [-0.05, 0) is 37.5 Å². The van der Waals surface area contributed by atoms with E-state index in [0.29, 0.717) is 19.6 Å². The Hall–Kier alpha value is -1.10. The van der Waals surface area contributed by atoms with Gasteiger partial charge in [0.05, 0.1) is 37.3 Å². The van der Waals surface area contributed by atoms with Gasteiger partial charge in [0, 0.05) is 0 Å². The summed E-state index contributed by atoms with van der Waals surface area (Å²) in [4.78, 5) is 25.4. The van der Waals surface area contributed by atoms with Gasteiger partial charge in [-0.15, -0.1) is 0 Å². The van der Waals surface area contributed by atoms with Crippen LogP contribution in [0, 0.1) is 23.7 Å². The molecule has 1 saturated heterocycles. The molecule has 0 aromatic carbocycles. The molecule has 0 bridgehead atoms. The highest BCUT2D eigenvalue weighted by atomic mass is 16.6. The van der Waals surface area contributed by atoms with E-state index in [0.717, 1.165) is 43.9 Å². The molecule has 0 amide bonds. The smallest absolute Gasteiger partial charge is 0.312 e. The Bertz CT molecular complexity index is 530. The second-order valence-electron chi connectivity index (χ2n) is 10.4. The fourth-order valence-electron chi connectivity index (χ4n) is 4.59. The Kier molecular flexibility index (Phi) is 11.9. The predicted molar refractivity (Wildman–Crippen MR) is 123 cm³/mol. The van der Waals surface area contributed by atoms with Crippen molar-refractivity contribution in [3.8, 4) is 0 Å². The Morgan fingerprint density at radius 1 is 0.742 bits per heavy atom.